The smallest absolute Gasteiger partial charge is 0.317 e. The first kappa shape index (κ1) is 19.4. The third kappa shape index (κ3) is 5.55. The summed E-state index contributed by atoms with van der Waals surface area (Å²) < 4.78 is 5.19. The Balaban J connectivity index is 1.49. The zero-order valence-electron chi connectivity index (χ0n) is 15.8. The zero-order valence-corrected chi connectivity index (χ0v) is 16.6. The van der Waals surface area contributed by atoms with Crippen molar-refractivity contribution in [3.05, 3.63) is 29.8 Å². The molecule has 2 aliphatic heterocycles. The molecular weight excluding hydrogens is 346 g/mol. The van der Waals surface area contributed by atoms with E-state index in [0.29, 0.717) is 12.6 Å². The Morgan fingerprint density at radius 2 is 1.96 bits per heavy atom. The molecule has 5 nitrogen and oxygen atoms in total. The highest BCUT2D eigenvalue weighted by Crippen LogP contribution is 2.19. The lowest BCUT2D eigenvalue weighted by molar-refractivity contribution is 0.162. The molecule has 2 heterocycles. The van der Waals surface area contributed by atoms with Crippen molar-refractivity contribution in [2.75, 3.05) is 51.3 Å². The minimum atomic E-state index is 0.102. The number of carbonyl (C=O) groups excluding carboxylic acids is 1. The van der Waals surface area contributed by atoms with Crippen LogP contribution >= 0.6 is 11.8 Å². The average Bonchev–Trinajstić information content (AvgIpc) is 3.06. The fourth-order valence-corrected chi connectivity index (χ4v) is 4.78. The van der Waals surface area contributed by atoms with Crippen LogP contribution in [0.1, 0.15) is 24.8 Å². The van der Waals surface area contributed by atoms with Crippen LogP contribution in [0, 0.1) is 0 Å². The van der Waals surface area contributed by atoms with Crippen molar-refractivity contribution in [2.24, 2.45) is 0 Å². The van der Waals surface area contributed by atoms with Crippen molar-refractivity contribution < 1.29 is 9.53 Å². The highest BCUT2D eigenvalue weighted by atomic mass is 32.2. The van der Waals surface area contributed by atoms with Gasteiger partial charge in [-0.3, -0.25) is 0 Å². The van der Waals surface area contributed by atoms with Crippen LogP contribution in [-0.4, -0.2) is 73.2 Å². The first-order chi connectivity index (χ1) is 12.8. The molecule has 0 bridgehead atoms. The Kier molecular flexibility index (Phi) is 7.50. The predicted octanol–water partition coefficient (Wildman–Crippen LogP) is 2.85. The molecule has 2 fully saturated rings. The number of likely N-dealkylation sites (tertiary alicyclic amines) is 1. The third-order valence-corrected chi connectivity index (χ3v) is 6.41. The molecule has 3 rings (SSSR count). The van der Waals surface area contributed by atoms with Gasteiger partial charge in [-0.2, -0.15) is 11.8 Å². The summed E-state index contributed by atoms with van der Waals surface area (Å²) in [5.74, 6) is 3.08. The molecule has 0 spiro atoms. The van der Waals surface area contributed by atoms with Crippen molar-refractivity contribution in [3.8, 4) is 5.75 Å². The van der Waals surface area contributed by atoms with Crippen LogP contribution in [-0.2, 0) is 6.42 Å². The van der Waals surface area contributed by atoms with E-state index >= 15 is 0 Å². The number of hydrogen-bond acceptors (Lipinski definition) is 4. The Hall–Kier alpha value is -1.40. The van der Waals surface area contributed by atoms with E-state index in [0.717, 1.165) is 43.2 Å². The molecule has 1 aromatic rings. The molecular formula is C20H31N3O2S. The number of thioether (sulfide) groups is 1. The van der Waals surface area contributed by atoms with Crippen LogP contribution in [0.5, 0.6) is 5.75 Å². The van der Waals surface area contributed by atoms with Crippen LogP contribution in [0.3, 0.4) is 0 Å². The summed E-state index contributed by atoms with van der Waals surface area (Å²) in [6, 6.07) is 8.49. The van der Waals surface area contributed by atoms with E-state index in [1.165, 1.54) is 31.5 Å². The Labute approximate surface area is 161 Å². The number of amides is 2. The van der Waals surface area contributed by atoms with Crippen LogP contribution in [0.4, 0.5) is 4.79 Å². The van der Waals surface area contributed by atoms with Gasteiger partial charge >= 0.3 is 6.03 Å². The summed E-state index contributed by atoms with van der Waals surface area (Å²) in [6.45, 7) is 4.95. The van der Waals surface area contributed by atoms with E-state index < -0.39 is 0 Å². The van der Waals surface area contributed by atoms with Crippen LogP contribution in [0.2, 0.25) is 0 Å². The molecule has 6 heteroatoms. The SMILES string of the molecule is COc1ccc(CCNC(=O)N2CCCSC[C@H]2CN2CCCC2)cc1. The summed E-state index contributed by atoms with van der Waals surface area (Å²) in [4.78, 5) is 17.4. The maximum atomic E-state index is 12.8. The molecule has 0 saturated carbocycles. The molecule has 26 heavy (non-hydrogen) atoms. The van der Waals surface area contributed by atoms with Crippen molar-refractivity contribution >= 4 is 17.8 Å². The molecule has 0 aliphatic carbocycles. The second-order valence-electron chi connectivity index (χ2n) is 7.11. The van der Waals surface area contributed by atoms with E-state index in [1.807, 2.05) is 23.9 Å². The van der Waals surface area contributed by atoms with E-state index in [2.05, 4.69) is 27.2 Å². The van der Waals surface area contributed by atoms with Crippen LogP contribution in [0.15, 0.2) is 24.3 Å². The van der Waals surface area contributed by atoms with Gasteiger partial charge in [0.05, 0.1) is 13.2 Å². The van der Waals surface area contributed by atoms with Gasteiger partial charge < -0.3 is 19.9 Å². The first-order valence-electron chi connectivity index (χ1n) is 9.74. The largest absolute Gasteiger partial charge is 0.497 e. The monoisotopic (exact) mass is 377 g/mol. The summed E-state index contributed by atoms with van der Waals surface area (Å²) in [6.07, 6.45) is 4.53. The standard InChI is InChI=1S/C20H31N3O2S/c1-25-19-7-5-17(6-8-19)9-10-21-20(24)23-13-4-14-26-16-18(23)15-22-11-2-3-12-22/h5-8,18H,2-4,9-16H2,1H3,(H,21,24)/t18-/m1/s1. The van der Waals surface area contributed by atoms with Crippen LogP contribution in [0.25, 0.3) is 0 Å². The second kappa shape index (κ2) is 10.1. The van der Waals surface area contributed by atoms with Crippen molar-refractivity contribution in [1.82, 2.24) is 15.1 Å². The number of ether oxygens (including phenoxy) is 1. The van der Waals surface area contributed by atoms with E-state index in [4.69, 9.17) is 4.74 Å². The Bertz CT molecular complexity index is 561. The fourth-order valence-electron chi connectivity index (χ4n) is 3.72. The number of nitrogens with one attached hydrogen (secondary N) is 1. The molecule has 1 atom stereocenters. The van der Waals surface area contributed by atoms with E-state index in [1.54, 1.807) is 7.11 Å². The van der Waals surface area contributed by atoms with Crippen molar-refractivity contribution in [2.45, 2.75) is 31.7 Å². The van der Waals surface area contributed by atoms with Gasteiger partial charge in [0.25, 0.3) is 0 Å². The minimum Gasteiger partial charge on any atom is -0.497 e. The summed E-state index contributed by atoms with van der Waals surface area (Å²) in [5, 5.41) is 3.14. The lowest BCUT2D eigenvalue weighted by atomic mass is 10.1. The van der Waals surface area contributed by atoms with Gasteiger partial charge in [-0.15, -0.1) is 0 Å². The molecule has 2 saturated heterocycles. The highest BCUT2D eigenvalue weighted by molar-refractivity contribution is 7.99. The number of methoxy groups -OCH3 is 1. The molecule has 1 N–H and O–H groups in total. The summed E-state index contributed by atoms with van der Waals surface area (Å²) in [7, 11) is 1.67. The van der Waals surface area contributed by atoms with E-state index in [-0.39, 0.29) is 6.03 Å². The molecule has 0 unspecified atom stereocenters. The maximum Gasteiger partial charge on any atom is 0.317 e. The van der Waals surface area contributed by atoms with Crippen molar-refractivity contribution in [3.63, 3.8) is 0 Å². The van der Waals surface area contributed by atoms with Gasteiger partial charge in [-0.1, -0.05) is 12.1 Å². The Morgan fingerprint density at radius 1 is 1.19 bits per heavy atom. The number of rotatable bonds is 6. The quantitative estimate of drug-likeness (QED) is 0.828. The first-order valence-corrected chi connectivity index (χ1v) is 10.9. The molecule has 1 aromatic carbocycles. The molecule has 2 amide bonds. The lowest BCUT2D eigenvalue weighted by Gasteiger charge is -2.32. The number of hydrogen-bond donors (Lipinski definition) is 1. The fraction of sp³-hybridized carbons (Fsp3) is 0.650. The normalized spacial score (nSPS) is 21.4. The third-order valence-electron chi connectivity index (χ3n) is 5.22. The number of urea groups is 1. The zero-order chi connectivity index (χ0) is 18.2. The van der Waals surface area contributed by atoms with Gasteiger partial charge in [-0.25, -0.2) is 4.79 Å². The number of nitrogens with zero attached hydrogens (tertiary/aromatic N) is 2. The number of benzene rings is 1. The summed E-state index contributed by atoms with van der Waals surface area (Å²) >= 11 is 1.99. The van der Waals surface area contributed by atoms with Gasteiger partial charge in [0.2, 0.25) is 0 Å². The topological polar surface area (TPSA) is 44.8 Å². The van der Waals surface area contributed by atoms with E-state index in [9.17, 15) is 4.79 Å². The number of carbonyl (C=O) groups is 1. The van der Waals surface area contributed by atoms with Gasteiger partial charge in [0, 0.05) is 25.4 Å². The Morgan fingerprint density at radius 3 is 2.69 bits per heavy atom. The molecule has 0 radical (unpaired) electrons. The van der Waals surface area contributed by atoms with Gasteiger partial charge in [-0.05, 0) is 62.2 Å². The van der Waals surface area contributed by atoms with Gasteiger partial charge in [0.1, 0.15) is 5.75 Å². The van der Waals surface area contributed by atoms with Gasteiger partial charge in [0.15, 0.2) is 0 Å². The second-order valence-corrected chi connectivity index (χ2v) is 8.26. The minimum absolute atomic E-state index is 0.102. The molecule has 2 aliphatic rings. The lowest BCUT2D eigenvalue weighted by Crippen LogP contribution is -2.51. The van der Waals surface area contributed by atoms with Crippen molar-refractivity contribution in [1.29, 1.82) is 0 Å². The predicted molar refractivity (Wildman–Crippen MR) is 108 cm³/mol. The molecule has 0 aromatic heterocycles. The van der Waals surface area contributed by atoms with Crippen LogP contribution < -0.4 is 10.1 Å². The average molecular weight is 378 g/mol. The summed E-state index contributed by atoms with van der Waals surface area (Å²) in [5.41, 5.74) is 1.21. The highest BCUT2D eigenvalue weighted by Gasteiger charge is 2.28. The molecule has 144 valence electrons. The maximum absolute atomic E-state index is 12.8.